The highest BCUT2D eigenvalue weighted by Crippen LogP contribution is 2.52. The number of rotatable bonds is 3. The molecule has 0 bridgehead atoms. The minimum atomic E-state index is -2.69. The average Bonchev–Trinajstić information content (AvgIpc) is 2.39. The van der Waals surface area contributed by atoms with Crippen LogP contribution in [0.2, 0.25) is 0 Å². The molecule has 0 amide bonds. The molecule has 2 aromatic carbocycles. The first-order valence-corrected chi connectivity index (χ1v) is 8.58. The van der Waals surface area contributed by atoms with Crippen LogP contribution < -0.4 is 10.6 Å². The van der Waals surface area contributed by atoms with Gasteiger partial charge in [-0.15, -0.1) is 1.10 Å². The zero-order chi connectivity index (χ0) is 12.3. The zero-order valence-corrected chi connectivity index (χ0v) is 14.0. The van der Waals surface area contributed by atoms with Gasteiger partial charge in [-0.1, -0.05) is 36.4 Å². The third-order valence-electron chi connectivity index (χ3n) is 2.43. The molecule has 0 aromatic heterocycles. The van der Waals surface area contributed by atoms with E-state index in [1.54, 1.807) is 1.10 Å². The largest absolute Gasteiger partial charge is 0.295 e. The molecule has 0 heterocycles. The van der Waals surface area contributed by atoms with E-state index in [0.717, 1.165) is 10.6 Å². The van der Waals surface area contributed by atoms with E-state index in [0.29, 0.717) is 0 Å². The normalized spacial score (nSPS) is 11.7. The third-order valence-corrected chi connectivity index (χ3v) is 8.49. The van der Waals surface area contributed by atoms with Crippen LogP contribution in [0.5, 0.6) is 0 Å². The minimum Gasteiger partial charge on any atom is -0.295 e. The standard InChI is InChI=1S/C12H10I2NOP/c13-15(14)17(16,11-7-3-1-4-8-11)12-9-5-2-6-10-12/h1-10H. The van der Waals surface area contributed by atoms with E-state index in [9.17, 15) is 4.57 Å². The number of hydrogen-bond acceptors (Lipinski definition) is 1. The Morgan fingerprint density at radius 1 is 0.765 bits per heavy atom. The summed E-state index contributed by atoms with van der Waals surface area (Å²) in [6.45, 7) is 0. The van der Waals surface area contributed by atoms with Gasteiger partial charge in [0.25, 0.3) is 0 Å². The summed E-state index contributed by atoms with van der Waals surface area (Å²) in [5.41, 5.74) is 0. The van der Waals surface area contributed by atoms with Crippen molar-refractivity contribution >= 4 is 63.6 Å². The molecule has 0 aliphatic carbocycles. The summed E-state index contributed by atoms with van der Waals surface area (Å²) < 4.78 is 15.0. The summed E-state index contributed by atoms with van der Waals surface area (Å²) in [4.78, 5) is 0. The summed E-state index contributed by atoms with van der Waals surface area (Å²) in [7, 11) is -2.69. The molecule has 0 saturated carbocycles. The van der Waals surface area contributed by atoms with E-state index in [1.165, 1.54) is 0 Å². The van der Waals surface area contributed by atoms with Gasteiger partial charge in [0.1, 0.15) is 0 Å². The van der Waals surface area contributed by atoms with Crippen LogP contribution >= 0.6 is 53.0 Å². The van der Waals surface area contributed by atoms with Gasteiger partial charge in [0, 0.05) is 56.3 Å². The molecule has 5 heteroatoms. The Morgan fingerprint density at radius 2 is 1.12 bits per heavy atom. The Morgan fingerprint density at radius 3 is 1.41 bits per heavy atom. The number of benzene rings is 2. The fourth-order valence-electron chi connectivity index (χ4n) is 1.58. The van der Waals surface area contributed by atoms with Crippen LogP contribution in [0.15, 0.2) is 60.7 Å². The molecule has 17 heavy (non-hydrogen) atoms. The Kier molecular flexibility index (Phi) is 4.63. The summed E-state index contributed by atoms with van der Waals surface area (Å²) in [6, 6.07) is 19.2. The van der Waals surface area contributed by atoms with Gasteiger partial charge in [0.05, 0.1) is 0 Å². The molecule has 0 aliphatic rings. The van der Waals surface area contributed by atoms with E-state index in [1.807, 2.05) is 60.7 Å². The Labute approximate surface area is 129 Å². The topological polar surface area (TPSA) is 20.3 Å². The van der Waals surface area contributed by atoms with Gasteiger partial charge in [-0.3, -0.25) is 4.57 Å². The van der Waals surface area contributed by atoms with Crippen molar-refractivity contribution in [2.45, 2.75) is 0 Å². The van der Waals surface area contributed by atoms with Gasteiger partial charge in [-0.05, 0) is 24.3 Å². The van der Waals surface area contributed by atoms with Crippen LogP contribution in [0.25, 0.3) is 0 Å². The summed E-state index contributed by atoms with van der Waals surface area (Å²) >= 11 is 4.17. The molecule has 0 fully saturated rings. The summed E-state index contributed by atoms with van der Waals surface area (Å²) in [6.07, 6.45) is 0. The lowest BCUT2D eigenvalue weighted by atomic mass is 10.4. The Hall–Kier alpha value is 0.0900. The third kappa shape index (κ3) is 2.75. The SMILES string of the molecule is O=P(c1ccccc1)(c1ccccc1)N(I)I. The van der Waals surface area contributed by atoms with E-state index in [2.05, 4.69) is 45.7 Å². The monoisotopic (exact) mass is 469 g/mol. The van der Waals surface area contributed by atoms with Crippen molar-refractivity contribution in [3.05, 3.63) is 60.7 Å². The molecule has 0 radical (unpaired) electrons. The Balaban J connectivity index is 2.60. The predicted molar refractivity (Wildman–Crippen MR) is 89.6 cm³/mol. The van der Waals surface area contributed by atoms with Gasteiger partial charge in [0.2, 0.25) is 7.29 Å². The van der Waals surface area contributed by atoms with Crippen LogP contribution in [0.4, 0.5) is 0 Å². The van der Waals surface area contributed by atoms with Gasteiger partial charge in [-0.2, -0.15) is 0 Å². The van der Waals surface area contributed by atoms with Crippen molar-refractivity contribution in [2.75, 3.05) is 0 Å². The first-order valence-electron chi connectivity index (χ1n) is 4.99. The first-order chi connectivity index (χ1) is 8.15. The van der Waals surface area contributed by atoms with Crippen LogP contribution in [0.3, 0.4) is 0 Å². The summed E-state index contributed by atoms with van der Waals surface area (Å²) in [5.74, 6) is 0. The van der Waals surface area contributed by atoms with Gasteiger partial charge < -0.3 is 0 Å². The molecule has 0 saturated heterocycles. The van der Waals surface area contributed by atoms with Crippen molar-refractivity contribution in [1.29, 1.82) is 0 Å². The van der Waals surface area contributed by atoms with Crippen LogP contribution in [-0.4, -0.2) is 1.10 Å². The van der Waals surface area contributed by atoms with E-state index in [-0.39, 0.29) is 0 Å². The molecule has 0 spiro atoms. The first kappa shape index (κ1) is 13.5. The molecule has 2 rings (SSSR count). The van der Waals surface area contributed by atoms with E-state index >= 15 is 0 Å². The molecule has 88 valence electrons. The number of hydrogen-bond donors (Lipinski definition) is 0. The number of nitrogens with zero attached hydrogens (tertiary/aromatic N) is 1. The van der Waals surface area contributed by atoms with Crippen molar-refractivity contribution < 1.29 is 4.57 Å². The van der Waals surface area contributed by atoms with Crippen LogP contribution in [0, 0.1) is 0 Å². The molecule has 0 aliphatic heterocycles. The maximum Gasteiger partial charge on any atom is 0.224 e. The van der Waals surface area contributed by atoms with Crippen molar-refractivity contribution in [3.63, 3.8) is 0 Å². The number of halogens is 2. The highest BCUT2D eigenvalue weighted by molar-refractivity contribution is 14.2. The maximum absolute atomic E-state index is 13.2. The molecule has 0 unspecified atom stereocenters. The lowest BCUT2D eigenvalue weighted by Gasteiger charge is -2.22. The van der Waals surface area contributed by atoms with Crippen molar-refractivity contribution in [3.8, 4) is 0 Å². The molecule has 0 N–H and O–H groups in total. The van der Waals surface area contributed by atoms with Gasteiger partial charge >= 0.3 is 0 Å². The molecular weight excluding hydrogens is 459 g/mol. The van der Waals surface area contributed by atoms with Gasteiger partial charge in [-0.25, -0.2) is 0 Å². The molecule has 2 nitrogen and oxygen atoms in total. The maximum atomic E-state index is 13.2. The predicted octanol–water partition coefficient (Wildman–Crippen LogP) is 3.92. The molecular formula is C12H10I2NOP. The lowest BCUT2D eigenvalue weighted by molar-refractivity contribution is 0.582. The van der Waals surface area contributed by atoms with Crippen molar-refractivity contribution in [1.82, 2.24) is 1.10 Å². The summed E-state index contributed by atoms with van der Waals surface area (Å²) in [5, 5.41) is 1.71. The highest BCUT2D eigenvalue weighted by atomic mass is 127. The van der Waals surface area contributed by atoms with Crippen LogP contribution in [0.1, 0.15) is 0 Å². The molecule has 0 atom stereocenters. The van der Waals surface area contributed by atoms with E-state index < -0.39 is 7.29 Å². The highest BCUT2D eigenvalue weighted by Gasteiger charge is 2.31. The minimum absolute atomic E-state index is 0.856. The van der Waals surface area contributed by atoms with E-state index in [4.69, 9.17) is 0 Å². The second kappa shape index (κ2) is 5.82. The lowest BCUT2D eigenvalue weighted by Crippen LogP contribution is -2.20. The Bertz CT molecular complexity index is 487. The molecule has 2 aromatic rings. The van der Waals surface area contributed by atoms with Crippen molar-refractivity contribution in [2.24, 2.45) is 0 Å². The fourth-order valence-corrected chi connectivity index (χ4v) is 6.37. The average molecular weight is 469 g/mol. The smallest absolute Gasteiger partial charge is 0.224 e. The van der Waals surface area contributed by atoms with Crippen LogP contribution in [-0.2, 0) is 4.57 Å². The van der Waals surface area contributed by atoms with Gasteiger partial charge in [0.15, 0.2) is 0 Å². The second-order valence-corrected chi connectivity index (χ2v) is 11.3. The second-order valence-electron chi connectivity index (χ2n) is 3.46. The zero-order valence-electron chi connectivity index (χ0n) is 8.83. The fraction of sp³-hybridized carbons (Fsp3) is 0. The quantitative estimate of drug-likeness (QED) is 0.386.